The molecule has 7 heteroatoms. The summed E-state index contributed by atoms with van der Waals surface area (Å²) in [5.41, 5.74) is 0.873. The summed E-state index contributed by atoms with van der Waals surface area (Å²) in [7, 11) is 1.60. The lowest BCUT2D eigenvalue weighted by atomic mass is 10.2. The molecule has 0 spiro atoms. The maximum Gasteiger partial charge on any atom is 0.508 e. The molecule has 28 heavy (non-hydrogen) atoms. The van der Waals surface area contributed by atoms with Crippen LogP contribution in [0.25, 0.3) is 0 Å². The standard InChI is InChI=1S/C21H31NO6/c1-5-14-26-21(24)28-19(15-22(6-2)7-3)12-13-20(23)27-16-17-8-10-18(25-4)11-9-17/h5,8-11,19H,1,6-7,12-16H2,2-4H3. The van der Waals surface area contributed by atoms with E-state index >= 15 is 0 Å². The Hall–Kier alpha value is -2.54. The number of methoxy groups -OCH3 is 1. The van der Waals surface area contributed by atoms with Crippen molar-refractivity contribution < 1.29 is 28.5 Å². The highest BCUT2D eigenvalue weighted by atomic mass is 16.7. The molecule has 0 heterocycles. The molecule has 0 saturated heterocycles. The second kappa shape index (κ2) is 13.6. The van der Waals surface area contributed by atoms with Crippen LogP contribution in [0.15, 0.2) is 36.9 Å². The molecule has 0 aliphatic heterocycles. The average Bonchev–Trinajstić information content (AvgIpc) is 2.72. The lowest BCUT2D eigenvalue weighted by Crippen LogP contribution is -2.35. The van der Waals surface area contributed by atoms with Crippen LogP contribution in [0, 0.1) is 0 Å². The molecule has 0 radical (unpaired) electrons. The Labute approximate surface area is 167 Å². The van der Waals surface area contributed by atoms with E-state index in [4.69, 9.17) is 18.9 Å². The van der Waals surface area contributed by atoms with Crippen molar-refractivity contribution in [1.82, 2.24) is 4.90 Å². The van der Waals surface area contributed by atoms with Gasteiger partial charge in [-0.05, 0) is 37.2 Å². The van der Waals surface area contributed by atoms with E-state index in [1.54, 1.807) is 7.11 Å². The van der Waals surface area contributed by atoms with Crippen LogP contribution in [0.3, 0.4) is 0 Å². The minimum absolute atomic E-state index is 0.0841. The van der Waals surface area contributed by atoms with Gasteiger partial charge in [0.05, 0.1) is 7.11 Å². The number of hydrogen-bond acceptors (Lipinski definition) is 7. The molecule has 0 aliphatic rings. The number of rotatable bonds is 13. The van der Waals surface area contributed by atoms with Gasteiger partial charge in [-0.3, -0.25) is 4.79 Å². The van der Waals surface area contributed by atoms with Gasteiger partial charge in [0, 0.05) is 13.0 Å². The molecule has 1 aromatic rings. The lowest BCUT2D eigenvalue weighted by Gasteiger charge is -2.24. The Balaban J connectivity index is 2.49. The van der Waals surface area contributed by atoms with Gasteiger partial charge < -0.3 is 23.8 Å². The Kier molecular flexibility index (Phi) is 11.4. The highest BCUT2D eigenvalue weighted by molar-refractivity contribution is 5.69. The molecule has 0 bridgehead atoms. The van der Waals surface area contributed by atoms with Crippen molar-refractivity contribution in [2.24, 2.45) is 0 Å². The summed E-state index contributed by atoms with van der Waals surface area (Å²) in [6, 6.07) is 7.31. The van der Waals surface area contributed by atoms with Crippen molar-refractivity contribution >= 4 is 12.1 Å². The number of nitrogens with zero attached hydrogens (tertiary/aromatic N) is 1. The maximum absolute atomic E-state index is 12.1. The van der Waals surface area contributed by atoms with Crippen LogP contribution in [0.1, 0.15) is 32.3 Å². The topological polar surface area (TPSA) is 74.3 Å². The van der Waals surface area contributed by atoms with Crippen LogP contribution in [-0.4, -0.2) is 56.5 Å². The fourth-order valence-corrected chi connectivity index (χ4v) is 2.49. The van der Waals surface area contributed by atoms with E-state index in [1.165, 1.54) is 6.08 Å². The van der Waals surface area contributed by atoms with Gasteiger partial charge in [0.1, 0.15) is 25.1 Å². The molecule has 0 N–H and O–H groups in total. The smallest absolute Gasteiger partial charge is 0.497 e. The highest BCUT2D eigenvalue weighted by Gasteiger charge is 2.20. The second-order valence-corrected chi connectivity index (χ2v) is 6.12. The van der Waals surface area contributed by atoms with Crippen molar-refractivity contribution in [3.8, 4) is 5.75 Å². The Morgan fingerprint density at radius 3 is 2.39 bits per heavy atom. The number of ether oxygens (including phenoxy) is 4. The summed E-state index contributed by atoms with van der Waals surface area (Å²) in [6.45, 7) is 9.99. The first-order chi connectivity index (χ1) is 13.5. The zero-order valence-electron chi connectivity index (χ0n) is 17.0. The normalized spacial score (nSPS) is 11.6. The number of carbonyl (C=O) groups is 2. The highest BCUT2D eigenvalue weighted by Crippen LogP contribution is 2.13. The summed E-state index contributed by atoms with van der Waals surface area (Å²) >= 11 is 0. The van der Waals surface area contributed by atoms with E-state index in [9.17, 15) is 9.59 Å². The Morgan fingerprint density at radius 2 is 1.82 bits per heavy atom. The van der Waals surface area contributed by atoms with Gasteiger partial charge in [0.15, 0.2) is 0 Å². The van der Waals surface area contributed by atoms with Gasteiger partial charge in [0.2, 0.25) is 0 Å². The first-order valence-electron chi connectivity index (χ1n) is 9.47. The van der Waals surface area contributed by atoms with Crippen molar-refractivity contribution in [1.29, 1.82) is 0 Å². The van der Waals surface area contributed by atoms with Crippen LogP contribution in [-0.2, 0) is 25.6 Å². The summed E-state index contributed by atoms with van der Waals surface area (Å²) < 4.78 is 20.6. The van der Waals surface area contributed by atoms with Gasteiger partial charge in [-0.2, -0.15) is 0 Å². The SMILES string of the molecule is C=CCOC(=O)OC(CCC(=O)OCc1ccc(OC)cc1)CN(CC)CC. The molecular weight excluding hydrogens is 362 g/mol. The zero-order valence-corrected chi connectivity index (χ0v) is 17.0. The molecule has 0 amide bonds. The molecule has 0 aromatic heterocycles. The van der Waals surface area contributed by atoms with Crippen molar-refractivity contribution in [3.63, 3.8) is 0 Å². The molecule has 1 rings (SSSR count). The lowest BCUT2D eigenvalue weighted by molar-refractivity contribution is -0.145. The molecule has 1 atom stereocenters. The summed E-state index contributed by atoms with van der Waals surface area (Å²) in [5, 5.41) is 0. The van der Waals surface area contributed by atoms with Crippen LogP contribution in [0.5, 0.6) is 5.75 Å². The third kappa shape index (κ3) is 9.41. The third-order valence-electron chi connectivity index (χ3n) is 4.17. The minimum atomic E-state index is -0.761. The number of hydrogen-bond donors (Lipinski definition) is 0. The third-order valence-corrected chi connectivity index (χ3v) is 4.17. The number of carbonyl (C=O) groups excluding carboxylic acids is 2. The monoisotopic (exact) mass is 393 g/mol. The van der Waals surface area contributed by atoms with Crippen molar-refractivity contribution in [2.45, 2.75) is 39.4 Å². The quantitative estimate of drug-likeness (QED) is 0.375. The van der Waals surface area contributed by atoms with E-state index in [1.807, 2.05) is 38.1 Å². The summed E-state index contributed by atoms with van der Waals surface area (Å²) in [5.74, 6) is 0.401. The molecular formula is C21H31NO6. The maximum atomic E-state index is 12.1. The number of esters is 1. The minimum Gasteiger partial charge on any atom is -0.497 e. The fraction of sp³-hybridized carbons (Fsp3) is 0.524. The van der Waals surface area contributed by atoms with Gasteiger partial charge in [0.25, 0.3) is 0 Å². The van der Waals surface area contributed by atoms with E-state index in [0.29, 0.717) is 13.0 Å². The van der Waals surface area contributed by atoms with Crippen LogP contribution >= 0.6 is 0 Å². The van der Waals surface area contributed by atoms with E-state index < -0.39 is 12.3 Å². The van der Waals surface area contributed by atoms with Crippen molar-refractivity contribution in [3.05, 3.63) is 42.5 Å². The Bertz CT molecular complexity index is 597. The van der Waals surface area contributed by atoms with Crippen molar-refractivity contribution in [2.75, 3.05) is 33.4 Å². The summed E-state index contributed by atoms with van der Waals surface area (Å²) in [6.07, 6.45) is 0.768. The molecule has 0 fully saturated rings. The van der Waals surface area contributed by atoms with Gasteiger partial charge in [-0.15, -0.1) is 0 Å². The van der Waals surface area contributed by atoms with E-state index in [0.717, 1.165) is 24.4 Å². The molecule has 7 nitrogen and oxygen atoms in total. The van der Waals surface area contributed by atoms with Gasteiger partial charge in [-0.25, -0.2) is 4.79 Å². The first-order valence-corrected chi connectivity index (χ1v) is 9.47. The summed E-state index contributed by atoms with van der Waals surface area (Å²) in [4.78, 5) is 25.9. The predicted molar refractivity (Wildman–Crippen MR) is 106 cm³/mol. The Morgan fingerprint density at radius 1 is 1.14 bits per heavy atom. The predicted octanol–water partition coefficient (Wildman–Crippen LogP) is 3.57. The average molecular weight is 393 g/mol. The molecule has 156 valence electrons. The molecule has 1 unspecified atom stereocenters. The van der Waals surface area contributed by atoms with Crippen LogP contribution < -0.4 is 4.74 Å². The number of benzene rings is 1. The van der Waals surface area contributed by atoms with E-state index in [2.05, 4.69) is 11.5 Å². The largest absolute Gasteiger partial charge is 0.508 e. The van der Waals surface area contributed by atoms with E-state index in [-0.39, 0.29) is 25.6 Å². The fourth-order valence-electron chi connectivity index (χ4n) is 2.49. The molecule has 0 saturated carbocycles. The van der Waals surface area contributed by atoms with Gasteiger partial charge >= 0.3 is 12.1 Å². The number of likely N-dealkylation sites (N-methyl/N-ethyl adjacent to an activating group) is 1. The van der Waals surface area contributed by atoms with Gasteiger partial charge in [-0.1, -0.05) is 38.6 Å². The zero-order chi connectivity index (χ0) is 20.8. The second-order valence-electron chi connectivity index (χ2n) is 6.12. The van der Waals surface area contributed by atoms with Crippen LogP contribution in [0.4, 0.5) is 4.79 Å². The molecule has 0 aliphatic carbocycles. The first kappa shape index (κ1) is 23.5. The molecule has 1 aromatic carbocycles. The van der Waals surface area contributed by atoms with Crippen LogP contribution in [0.2, 0.25) is 0 Å².